The Hall–Kier alpha value is -7.16. The van der Waals surface area contributed by atoms with Crippen LogP contribution in [0.15, 0.2) is 212 Å². The fourth-order valence-corrected chi connectivity index (χ4v) is 9.03. The number of para-hydroxylation sites is 2. The predicted octanol–water partition coefficient (Wildman–Crippen LogP) is 14.5. The van der Waals surface area contributed by atoms with Gasteiger partial charge in [0, 0.05) is 32.7 Å². The third-order valence-corrected chi connectivity index (χ3v) is 11.6. The summed E-state index contributed by atoms with van der Waals surface area (Å²) in [6.07, 6.45) is 8.07. The van der Waals surface area contributed by atoms with Crippen molar-refractivity contribution >= 4 is 49.2 Å². The molecule has 2 nitrogen and oxygen atoms in total. The van der Waals surface area contributed by atoms with Crippen LogP contribution in [0.3, 0.4) is 0 Å². The monoisotopic (exact) mass is 714 g/mol. The van der Waals surface area contributed by atoms with Crippen LogP contribution in [0, 0.1) is 0 Å². The lowest BCUT2D eigenvalue weighted by atomic mass is 9.94. The van der Waals surface area contributed by atoms with E-state index < -0.39 is 0 Å². The number of benzene rings is 8. The molecule has 0 spiro atoms. The van der Waals surface area contributed by atoms with E-state index in [2.05, 4.69) is 221 Å². The third-order valence-electron chi connectivity index (χ3n) is 11.6. The fourth-order valence-electron chi connectivity index (χ4n) is 9.03. The van der Waals surface area contributed by atoms with Gasteiger partial charge >= 0.3 is 0 Å². The molecule has 2 heteroatoms. The van der Waals surface area contributed by atoms with Gasteiger partial charge in [0.1, 0.15) is 0 Å². The van der Waals surface area contributed by atoms with E-state index in [1.165, 1.54) is 88.1 Å². The van der Waals surface area contributed by atoms with E-state index in [9.17, 15) is 0 Å². The quantitative estimate of drug-likeness (QED) is 0.162. The first kappa shape index (κ1) is 32.3. The normalized spacial score (nSPS) is 14.2. The highest BCUT2D eigenvalue weighted by molar-refractivity contribution is 6.23. The number of rotatable bonds is 6. The minimum absolute atomic E-state index is 0.127. The Labute approximate surface area is 326 Å². The summed E-state index contributed by atoms with van der Waals surface area (Å²) >= 11 is 0. The zero-order valence-electron chi connectivity index (χ0n) is 30.9. The summed E-state index contributed by atoms with van der Waals surface area (Å²) in [6, 6.07) is 70.9. The average molecular weight is 715 g/mol. The van der Waals surface area contributed by atoms with Gasteiger partial charge in [0.05, 0.1) is 22.6 Å². The largest absolute Gasteiger partial charge is 0.331 e. The first-order valence-corrected chi connectivity index (χ1v) is 19.5. The van der Waals surface area contributed by atoms with E-state index in [1.807, 2.05) is 0 Å². The van der Waals surface area contributed by atoms with Crippen molar-refractivity contribution in [2.75, 3.05) is 0 Å². The standard InChI is InChI=1S/C54H38N2/c1-3-15-37(16-4-1)39-19-11-21-41(33-39)43-23-13-25-45(35-43)55-51-29-9-7-27-47(51)49-31-32-50-48-28-8-10-30-52(48)56(54(50)53(49)55)46-26-14-24-44(36-46)42-22-12-20-40(34-42)38-17-5-2-6-18-38/h1-25,27-36,46H,26H2. The van der Waals surface area contributed by atoms with Gasteiger partial charge in [0.15, 0.2) is 0 Å². The lowest BCUT2D eigenvalue weighted by Crippen LogP contribution is -2.09. The smallest absolute Gasteiger partial charge is 0.0785 e. The fraction of sp³-hybridized carbons (Fsp3) is 0.0370. The van der Waals surface area contributed by atoms with Gasteiger partial charge in [-0.05, 0) is 87.3 Å². The van der Waals surface area contributed by atoms with Gasteiger partial charge in [-0.3, -0.25) is 0 Å². The van der Waals surface area contributed by atoms with E-state index in [4.69, 9.17) is 0 Å². The van der Waals surface area contributed by atoms with Crippen molar-refractivity contribution in [3.63, 3.8) is 0 Å². The second-order valence-electron chi connectivity index (χ2n) is 14.9. The molecule has 0 saturated carbocycles. The number of nitrogens with zero attached hydrogens (tertiary/aromatic N) is 2. The number of fused-ring (bicyclic) bond motifs is 7. The van der Waals surface area contributed by atoms with Crippen LogP contribution < -0.4 is 0 Å². The van der Waals surface area contributed by atoms with Crippen LogP contribution in [-0.2, 0) is 0 Å². The van der Waals surface area contributed by atoms with Gasteiger partial charge in [0.25, 0.3) is 0 Å². The highest BCUT2D eigenvalue weighted by Gasteiger charge is 2.24. The average Bonchev–Trinajstić information content (AvgIpc) is 3.80. The lowest BCUT2D eigenvalue weighted by molar-refractivity contribution is 0.651. The third kappa shape index (κ3) is 5.33. The van der Waals surface area contributed by atoms with E-state index in [0.717, 1.165) is 12.1 Å². The summed E-state index contributed by atoms with van der Waals surface area (Å²) < 4.78 is 5.14. The van der Waals surface area contributed by atoms with Crippen LogP contribution in [0.25, 0.3) is 88.3 Å². The summed E-state index contributed by atoms with van der Waals surface area (Å²) in [5, 5.41) is 5.08. The second kappa shape index (κ2) is 13.3. The zero-order valence-corrected chi connectivity index (χ0v) is 30.9. The molecule has 0 aliphatic heterocycles. The van der Waals surface area contributed by atoms with Crippen LogP contribution in [0.4, 0.5) is 0 Å². The van der Waals surface area contributed by atoms with Crippen LogP contribution in [-0.4, -0.2) is 9.13 Å². The van der Waals surface area contributed by atoms with Gasteiger partial charge in [-0.15, -0.1) is 0 Å². The van der Waals surface area contributed by atoms with Gasteiger partial charge < -0.3 is 9.13 Å². The van der Waals surface area contributed by atoms with Gasteiger partial charge in [-0.2, -0.15) is 0 Å². The first-order chi connectivity index (χ1) is 27.8. The number of allylic oxidation sites excluding steroid dienone is 4. The number of hydrogen-bond donors (Lipinski definition) is 0. The molecular weight excluding hydrogens is 677 g/mol. The maximum absolute atomic E-state index is 2.63. The molecule has 1 atom stereocenters. The van der Waals surface area contributed by atoms with Crippen molar-refractivity contribution in [2.45, 2.75) is 12.5 Å². The van der Waals surface area contributed by atoms with Crippen molar-refractivity contribution in [3.8, 4) is 39.1 Å². The molecule has 264 valence electrons. The molecule has 1 aliphatic rings. The molecule has 0 fully saturated rings. The van der Waals surface area contributed by atoms with Gasteiger partial charge in [-0.25, -0.2) is 0 Å². The highest BCUT2D eigenvalue weighted by atomic mass is 15.1. The van der Waals surface area contributed by atoms with E-state index in [1.54, 1.807) is 0 Å². The Balaban J connectivity index is 1.13. The Bertz CT molecular complexity index is 3160. The molecule has 56 heavy (non-hydrogen) atoms. The van der Waals surface area contributed by atoms with E-state index in [-0.39, 0.29) is 6.04 Å². The van der Waals surface area contributed by atoms with Crippen LogP contribution in [0.2, 0.25) is 0 Å². The summed E-state index contributed by atoms with van der Waals surface area (Å²) in [4.78, 5) is 0. The van der Waals surface area contributed by atoms with E-state index in [0.29, 0.717) is 0 Å². The Morgan fingerprint density at radius 1 is 0.375 bits per heavy atom. The molecule has 0 N–H and O–H groups in total. The summed E-state index contributed by atoms with van der Waals surface area (Å²) in [7, 11) is 0. The molecule has 1 unspecified atom stereocenters. The maximum atomic E-state index is 2.63. The topological polar surface area (TPSA) is 9.86 Å². The molecule has 2 heterocycles. The van der Waals surface area contributed by atoms with E-state index >= 15 is 0 Å². The second-order valence-corrected chi connectivity index (χ2v) is 14.9. The minimum Gasteiger partial charge on any atom is -0.331 e. The van der Waals surface area contributed by atoms with Gasteiger partial charge in [0.2, 0.25) is 0 Å². The molecule has 1 aliphatic carbocycles. The first-order valence-electron chi connectivity index (χ1n) is 19.5. The molecule has 0 bridgehead atoms. The molecule has 0 saturated heterocycles. The summed E-state index contributed by atoms with van der Waals surface area (Å²) in [6.45, 7) is 0. The molecular formula is C54H38N2. The van der Waals surface area contributed by atoms with Crippen molar-refractivity contribution in [1.29, 1.82) is 0 Å². The van der Waals surface area contributed by atoms with Crippen molar-refractivity contribution < 1.29 is 0 Å². The molecule has 8 aromatic carbocycles. The van der Waals surface area contributed by atoms with Gasteiger partial charge in [-0.1, -0.05) is 176 Å². The number of aromatic nitrogens is 2. The predicted molar refractivity (Wildman–Crippen MR) is 237 cm³/mol. The van der Waals surface area contributed by atoms with Crippen LogP contribution >= 0.6 is 0 Å². The number of hydrogen-bond acceptors (Lipinski definition) is 0. The Morgan fingerprint density at radius 3 is 1.57 bits per heavy atom. The van der Waals surface area contributed by atoms with Crippen LogP contribution in [0.5, 0.6) is 0 Å². The Kier molecular flexibility index (Phi) is 7.67. The molecule has 11 rings (SSSR count). The van der Waals surface area contributed by atoms with Crippen molar-refractivity contribution in [3.05, 3.63) is 218 Å². The molecule has 0 radical (unpaired) electrons. The molecule has 2 aromatic heterocycles. The van der Waals surface area contributed by atoms with Crippen molar-refractivity contribution in [2.24, 2.45) is 0 Å². The SMILES string of the molecule is C1=CC(c2cccc(-c3ccccc3)c2)=CC(n2c3ccccc3c3ccc4c5ccccc5n(-c5cccc(-c6cccc(-c7ccccc7)c6)c5)c4c32)C1. The highest BCUT2D eigenvalue weighted by Crippen LogP contribution is 2.44. The lowest BCUT2D eigenvalue weighted by Gasteiger charge is -2.22. The zero-order chi connectivity index (χ0) is 37.0. The molecule has 10 aromatic rings. The molecule has 0 amide bonds. The van der Waals surface area contributed by atoms with Crippen LogP contribution in [0.1, 0.15) is 18.0 Å². The summed E-state index contributed by atoms with van der Waals surface area (Å²) in [5.74, 6) is 0. The summed E-state index contributed by atoms with van der Waals surface area (Å²) in [5.41, 5.74) is 15.9. The maximum Gasteiger partial charge on any atom is 0.0785 e. The minimum atomic E-state index is 0.127. The Morgan fingerprint density at radius 2 is 0.875 bits per heavy atom. The van der Waals surface area contributed by atoms with Crippen molar-refractivity contribution in [1.82, 2.24) is 9.13 Å².